The van der Waals surface area contributed by atoms with E-state index in [0.717, 1.165) is 2.88 Å². The molecule has 2 aromatic rings. The minimum absolute atomic E-state index is 0.00445. The minimum atomic E-state index is -0.196. The number of halogens is 1. The highest BCUT2D eigenvalue weighted by Crippen LogP contribution is 2.28. The van der Waals surface area contributed by atoms with Gasteiger partial charge in [0.15, 0.2) is 11.5 Å². The highest BCUT2D eigenvalue weighted by atomic mass is 127. The van der Waals surface area contributed by atoms with Gasteiger partial charge in [-0.15, -0.1) is 11.3 Å². The molecule has 1 amide bonds. The third-order valence-electron chi connectivity index (χ3n) is 2.27. The molecule has 0 saturated carbocycles. The van der Waals surface area contributed by atoms with Crippen molar-refractivity contribution >= 4 is 45.5 Å². The van der Waals surface area contributed by atoms with Crippen LogP contribution in [0.25, 0.3) is 0 Å². The fourth-order valence-electron chi connectivity index (χ4n) is 1.40. The number of ether oxygens (including phenoxy) is 1. The van der Waals surface area contributed by atoms with Gasteiger partial charge in [0.2, 0.25) is 0 Å². The molecule has 2 rings (SSSR count). The van der Waals surface area contributed by atoms with Gasteiger partial charge in [-0.2, -0.15) is 0 Å². The second kappa shape index (κ2) is 5.57. The Hall–Kier alpha value is -1.28. The molecule has 6 heteroatoms. The van der Waals surface area contributed by atoms with Crippen molar-refractivity contribution in [2.45, 2.75) is 0 Å². The maximum atomic E-state index is 11.9. The average Bonchev–Trinajstić information content (AvgIpc) is 2.76. The quantitative estimate of drug-likeness (QED) is 0.810. The highest BCUT2D eigenvalue weighted by molar-refractivity contribution is 14.1. The Kier molecular flexibility index (Phi) is 4.07. The molecule has 0 aliphatic carbocycles. The Morgan fingerprint density at radius 3 is 2.78 bits per heavy atom. The number of hydrogen-bond donors (Lipinski definition) is 2. The monoisotopic (exact) mass is 375 g/mol. The lowest BCUT2D eigenvalue weighted by atomic mass is 10.2. The maximum absolute atomic E-state index is 11.9. The molecule has 0 unspecified atom stereocenters. The molecule has 0 bridgehead atoms. The lowest BCUT2D eigenvalue weighted by Gasteiger charge is -2.07. The van der Waals surface area contributed by atoms with Gasteiger partial charge in [0, 0.05) is 17.1 Å². The number of phenolic OH excluding ortho intramolecular Hbond substituents is 1. The van der Waals surface area contributed by atoms with E-state index >= 15 is 0 Å². The largest absolute Gasteiger partial charge is 0.504 e. The highest BCUT2D eigenvalue weighted by Gasteiger charge is 2.09. The first kappa shape index (κ1) is 13.2. The molecule has 2 N–H and O–H groups in total. The van der Waals surface area contributed by atoms with E-state index in [1.54, 1.807) is 17.5 Å². The first-order valence-corrected chi connectivity index (χ1v) is 6.98. The van der Waals surface area contributed by atoms with E-state index in [1.807, 2.05) is 6.07 Å². The van der Waals surface area contributed by atoms with Crippen LogP contribution in [-0.2, 0) is 0 Å². The summed E-state index contributed by atoms with van der Waals surface area (Å²) in [5, 5.41) is 14.1. The number of amides is 1. The summed E-state index contributed by atoms with van der Waals surface area (Å²) in [5.74, 6) is 0.173. The topological polar surface area (TPSA) is 58.6 Å². The SMILES string of the molecule is COc1ccc(NC(=O)c2csc(I)c2)cc1O. The fourth-order valence-corrected chi connectivity index (χ4v) is 2.73. The summed E-state index contributed by atoms with van der Waals surface area (Å²) in [4.78, 5) is 11.9. The zero-order valence-electron chi connectivity index (χ0n) is 9.44. The zero-order chi connectivity index (χ0) is 13.1. The van der Waals surface area contributed by atoms with Crippen molar-refractivity contribution in [3.05, 3.63) is 38.1 Å². The first-order valence-electron chi connectivity index (χ1n) is 5.02. The number of phenols is 1. The Bertz CT molecular complexity index is 582. The van der Waals surface area contributed by atoms with E-state index in [0.29, 0.717) is 17.0 Å². The standard InChI is InChI=1S/C12H10INO3S/c1-17-10-3-2-8(5-9(10)15)14-12(16)7-4-11(13)18-6-7/h2-6,15H,1H3,(H,14,16). The summed E-state index contributed by atoms with van der Waals surface area (Å²) >= 11 is 3.67. The molecule has 1 aromatic carbocycles. The molecule has 4 nitrogen and oxygen atoms in total. The summed E-state index contributed by atoms with van der Waals surface area (Å²) in [7, 11) is 1.47. The average molecular weight is 375 g/mol. The van der Waals surface area contributed by atoms with E-state index < -0.39 is 0 Å². The van der Waals surface area contributed by atoms with E-state index in [2.05, 4.69) is 27.9 Å². The van der Waals surface area contributed by atoms with Crippen LogP contribution in [0.15, 0.2) is 29.6 Å². The maximum Gasteiger partial charge on any atom is 0.256 e. The van der Waals surface area contributed by atoms with E-state index in [1.165, 1.54) is 24.5 Å². The van der Waals surface area contributed by atoms with E-state index in [9.17, 15) is 9.90 Å². The molecule has 18 heavy (non-hydrogen) atoms. The summed E-state index contributed by atoms with van der Waals surface area (Å²) < 4.78 is 5.98. The number of carbonyl (C=O) groups is 1. The molecule has 0 spiro atoms. The number of methoxy groups -OCH3 is 1. The van der Waals surface area contributed by atoms with Crippen molar-refractivity contribution in [2.75, 3.05) is 12.4 Å². The third-order valence-corrected chi connectivity index (χ3v) is 4.06. The number of nitrogens with one attached hydrogen (secondary N) is 1. The van der Waals surface area contributed by atoms with Crippen molar-refractivity contribution in [1.82, 2.24) is 0 Å². The van der Waals surface area contributed by atoms with E-state index in [-0.39, 0.29) is 11.7 Å². The Morgan fingerprint density at radius 2 is 2.22 bits per heavy atom. The molecule has 0 aliphatic heterocycles. The van der Waals surface area contributed by atoms with Gasteiger partial charge in [-0.3, -0.25) is 4.79 Å². The molecule has 0 saturated heterocycles. The number of carbonyl (C=O) groups excluding carboxylic acids is 1. The Labute approximate surface area is 122 Å². The summed E-state index contributed by atoms with van der Waals surface area (Å²) in [6.07, 6.45) is 0. The second-order valence-corrected chi connectivity index (χ2v) is 6.29. The second-order valence-electron chi connectivity index (χ2n) is 3.48. The van der Waals surface area contributed by atoms with Gasteiger partial charge in [-0.25, -0.2) is 0 Å². The van der Waals surface area contributed by atoms with Crippen LogP contribution in [0.4, 0.5) is 5.69 Å². The van der Waals surface area contributed by atoms with Crippen LogP contribution in [0.3, 0.4) is 0 Å². The lowest BCUT2D eigenvalue weighted by Crippen LogP contribution is -2.10. The molecular weight excluding hydrogens is 365 g/mol. The number of benzene rings is 1. The van der Waals surface area contributed by atoms with Crippen molar-refractivity contribution in [2.24, 2.45) is 0 Å². The predicted molar refractivity (Wildman–Crippen MR) is 79.6 cm³/mol. The van der Waals surface area contributed by atoms with Gasteiger partial charge >= 0.3 is 0 Å². The van der Waals surface area contributed by atoms with Crippen molar-refractivity contribution in [1.29, 1.82) is 0 Å². The summed E-state index contributed by atoms with van der Waals surface area (Å²) in [6, 6.07) is 6.54. The van der Waals surface area contributed by atoms with Crippen LogP contribution >= 0.6 is 33.9 Å². The fraction of sp³-hybridized carbons (Fsp3) is 0.0833. The minimum Gasteiger partial charge on any atom is -0.504 e. The van der Waals surface area contributed by atoms with Crippen LogP contribution in [-0.4, -0.2) is 18.1 Å². The van der Waals surface area contributed by atoms with Crippen molar-refractivity contribution in [3.8, 4) is 11.5 Å². The number of rotatable bonds is 3. The van der Waals surface area contributed by atoms with Gasteiger partial charge in [-0.1, -0.05) is 0 Å². The molecule has 94 valence electrons. The van der Waals surface area contributed by atoms with Crippen LogP contribution in [0.5, 0.6) is 11.5 Å². The van der Waals surface area contributed by atoms with Gasteiger partial charge in [0.1, 0.15) is 0 Å². The summed E-state index contributed by atoms with van der Waals surface area (Å²) in [5.41, 5.74) is 1.14. The third kappa shape index (κ3) is 2.94. The van der Waals surface area contributed by atoms with Crippen LogP contribution < -0.4 is 10.1 Å². The van der Waals surface area contributed by atoms with Crippen LogP contribution in [0.1, 0.15) is 10.4 Å². The van der Waals surface area contributed by atoms with Gasteiger partial charge < -0.3 is 15.2 Å². The first-order chi connectivity index (χ1) is 8.60. The van der Waals surface area contributed by atoms with Crippen molar-refractivity contribution in [3.63, 3.8) is 0 Å². The Balaban J connectivity index is 2.14. The number of anilines is 1. The summed E-state index contributed by atoms with van der Waals surface area (Å²) in [6.45, 7) is 0. The molecule has 0 radical (unpaired) electrons. The lowest BCUT2D eigenvalue weighted by molar-refractivity contribution is 0.102. The molecule has 1 aromatic heterocycles. The normalized spacial score (nSPS) is 10.1. The zero-order valence-corrected chi connectivity index (χ0v) is 12.4. The molecular formula is C12H10INO3S. The smallest absolute Gasteiger partial charge is 0.256 e. The number of aromatic hydroxyl groups is 1. The predicted octanol–water partition coefficient (Wildman–Crippen LogP) is 3.32. The number of thiophene rings is 1. The van der Waals surface area contributed by atoms with Crippen LogP contribution in [0, 0.1) is 2.88 Å². The molecule has 0 atom stereocenters. The van der Waals surface area contributed by atoms with Gasteiger partial charge in [0.25, 0.3) is 5.91 Å². The Morgan fingerprint density at radius 1 is 1.44 bits per heavy atom. The number of hydrogen-bond acceptors (Lipinski definition) is 4. The molecule has 1 heterocycles. The van der Waals surface area contributed by atoms with Crippen molar-refractivity contribution < 1.29 is 14.6 Å². The van der Waals surface area contributed by atoms with Gasteiger partial charge in [0.05, 0.1) is 15.6 Å². The van der Waals surface area contributed by atoms with Gasteiger partial charge in [-0.05, 0) is 40.8 Å². The van der Waals surface area contributed by atoms with Crippen LogP contribution in [0.2, 0.25) is 0 Å². The molecule has 0 fully saturated rings. The van der Waals surface area contributed by atoms with E-state index in [4.69, 9.17) is 4.74 Å². The molecule has 0 aliphatic rings.